The Morgan fingerprint density at radius 2 is 1.80 bits per heavy atom. The zero-order chi connectivity index (χ0) is 18.4. The van der Waals surface area contributed by atoms with Gasteiger partial charge in [-0.05, 0) is 36.8 Å². The Morgan fingerprint density at radius 3 is 2.36 bits per heavy atom. The van der Waals surface area contributed by atoms with Crippen LogP contribution in [-0.4, -0.2) is 35.6 Å². The molecule has 1 heterocycles. The molecule has 0 bridgehead atoms. The summed E-state index contributed by atoms with van der Waals surface area (Å²) in [7, 11) is 3.04. The normalized spacial score (nSPS) is 11.5. The Kier molecular flexibility index (Phi) is 5.94. The van der Waals surface area contributed by atoms with E-state index in [-0.39, 0.29) is 6.54 Å². The summed E-state index contributed by atoms with van der Waals surface area (Å²) in [6.45, 7) is 1.77. The third-order valence-corrected chi connectivity index (χ3v) is 3.65. The fourth-order valence-corrected chi connectivity index (χ4v) is 2.16. The van der Waals surface area contributed by atoms with Crippen molar-refractivity contribution in [1.29, 1.82) is 0 Å². The van der Waals surface area contributed by atoms with Gasteiger partial charge in [0.25, 0.3) is 5.91 Å². The van der Waals surface area contributed by atoms with E-state index in [2.05, 4.69) is 10.1 Å². The van der Waals surface area contributed by atoms with Crippen molar-refractivity contribution in [3.8, 4) is 0 Å². The zero-order valence-electron chi connectivity index (χ0n) is 14.3. The monoisotopic (exact) mass is 344 g/mol. The van der Waals surface area contributed by atoms with E-state index in [1.54, 1.807) is 54.2 Å². The molecule has 0 aliphatic carbocycles. The fourth-order valence-electron chi connectivity index (χ4n) is 2.16. The van der Waals surface area contributed by atoms with Crippen LogP contribution in [0, 0.1) is 0 Å². The van der Waals surface area contributed by atoms with Crippen LogP contribution in [0.5, 0.6) is 0 Å². The molecule has 7 nitrogen and oxygen atoms in total. The van der Waals surface area contributed by atoms with Crippen LogP contribution in [0.4, 0.5) is 0 Å². The number of rotatable bonds is 6. The van der Waals surface area contributed by atoms with E-state index in [0.29, 0.717) is 11.3 Å². The van der Waals surface area contributed by atoms with Crippen LogP contribution >= 0.6 is 0 Å². The largest absolute Gasteiger partial charge is 0.465 e. The molecule has 0 saturated heterocycles. The number of benzene rings is 1. The van der Waals surface area contributed by atoms with E-state index in [1.165, 1.54) is 14.0 Å². The number of aromatic nitrogens is 1. The predicted octanol–water partition coefficient (Wildman–Crippen LogP) is 1.67. The number of methoxy groups -OCH3 is 1. The average molecular weight is 344 g/mol. The first kappa shape index (κ1) is 18.3. The first-order valence-corrected chi connectivity index (χ1v) is 7.69. The second-order valence-corrected chi connectivity index (χ2v) is 5.46. The summed E-state index contributed by atoms with van der Waals surface area (Å²) in [4.78, 5) is 35.4. The average Bonchev–Trinajstić information content (AvgIpc) is 3.05. The summed E-state index contributed by atoms with van der Waals surface area (Å²) in [5.41, 5.74) is 1.61. The molecule has 0 radical (unpaired) electrons. The van der Waals surface area contributed by atoms with Gasteiger partial charge in [-0.25, -0.2) is 9.59 Å². The maximum atomic E-state index is 12.1. The molecular formula is C18H20N2O5. The lowest BCUT2D eigenvalue weighted by Gasteiger charge is -2.14. The van der Waals surface area contributed by atoms with Crippen LogP contribution < -0.4 is 5.32 Å². The highest BCUT2D eigenvalue weighted by atomic mass is 16.5. The van der Waals surface area contributed by atoms with E-state index in [1.807, 2.05) is 0 Å². The van der Waals surface area contributed by atoms with Crippen molar-refractivity contribution in [2.45, 2.75) is 19.6 Å². The van der Waals surface area contributed by atoms with Crippen LogP contribution in [0.25, 0.3) is 0 Å². The molecular weight excluding hydrogens is 324 g/mol. The van der Waals surface area contributed by atoms with Crippen molar-refractivity contribution >= 4 is 17.8 Å². The van der Waals surface area contributed by atoms with Gasteiger partial charge in [0.05, 0.1) is 12.7 Å². The Labute approximate surface area is 145 Å². The molecule has 0 aliphatic rings. The standard InChI is InChI=1S/C18H20N2O5/c1-12(25-18(23)15-5-4-10-20(15)2)16(21)19-11-13-6-8-14(9-7-13)17(22)24-3/h4-10,12H,11H2,1-3H3,(H,19,21). The van der Waals surface area contributed by atoms with Crippen molar-refractivity contribution in [2.75, 3.05) is 7.11 Å². The lowest BCUT2D eigenvalue weighted by atomic mass is 10.1. The number of amides is 1. The summed E-state index contributed by atoms with van der Waals surface area (Å²) in [6, 6.07) is 10.0. The molecule has 1 unspecified atom stereocenters. The number of carbonyl (C=O) groups is 3. The molecule has 2 rings (SSSR count). The van der Waals surface area contributed by atoms with Crippen LogP contribution in [0.1, 0.15) is 33.3 Å². The summed E-state index contributed by atoms with van der Waals surface area (Å²) < 4.78 is 11.4. The van der Waals surface area contributed by atoms with Gasteiger partial charge in [0, 0.05) is 19.8 Å². The summed E-state index contributed by atoms with van der Waals surface area (Å²) >= 11 is 0. The molecule has 0 fully saturated rings. The number of nitrogens with zero attached hydrogens (tertiary/aromatic N) is 1. The van der Waals surface area contributed by atoms with Gasteiger partial charge in [0.15, 0.2) is 6.10 Å². The van der Waals surface area contributed by atoms with Crippen LogP contribution in [0.15, 0.2) is 42.6 Å². The summed E-state index contributed by atoms with van der Waals surface area (Å²) in [5.74, 6) is -1.38. The van der Waals surface area contributed by atoms with E-state index in [0.717, 1.165) is 5.56 Å². The molecule has 1 amide bonds. The van der Waals surface area contributed by atoms with Crippen LogP contribution in [0.2, 0.25) is 0 Å². The first-order chi connectivity index (χ1) is 11.9. The van der Waals surface area contributed by atoms with Crippen molar-refractivity contribution in [1.82, 2.24) is 9.88 Å². The highest BCUT2D eigenvalue weighted by Crippen LogP contribution is 2.07. The molecule has 0 aliphatic heterocycles. The quantitative estimate of drug-likeness (QED) is 0.806. The third-order valence-electron chi connectivity index (χ3n) is 3.65. The highest BCUT2D eigenvalue weighted by molar-refractivity contribution is 5.91. The number of esters is 2. The highest BCUT2D eigenvalue weighted by Gasteiger charge is 2.20. The molecule has 132 valence electrons. The molecule has 0 saturated carbocycles. The molecule has 0 spiro atoms. The van der Waals surface area contributed by atoms with Gasteiger partial charge in [-0.1, -0.05) is 12.1 Å². The molecule has 1 N–H and O–H groups in total. The number of hydrogen-bond donors (Lipinski definition) is 1. The van der Waals surface area contributed by atoms with Crippen molar-refractivity contribution < 1.29 is 23.9 Å². The van der Waals surface area contributed by atoms with Gasteiger partial charge in [-0.15, -0.1) is 0 Å². The SMILES string of the molecule is COC(=O)c1ccc(CNC(=O)C(C)OC(=O)c2cccn2C)cc1. The summed E-state index contributed by atoms with van der Waals surface area (Å²) in [5, 5.41) is 2.69. The van der Waals surface area contributed by atoms with E-state index in [9.17, 15) is 14.4 Å². The predicted molar refractivity (Wildman–Crippen MR) is 89.9 cm³/mol. The minimum atomic E-state index is -0.920. The molecule has 25 heavy (non-hydrogen) atoms. The van der Waals surface area contributed by atoms with Crippen molar-refractivity contribution in [3.05, 3.63) is 59.4 Å². The third kappa shape index (κ3) is 4.69. The fraction of sp³-hybridized carbons (Fsp3) is 0.278. The molecule has 1 aromatic heterocycles. The van der Waals surface area contributed by atoms with Gasteiger partial charge in [0.2, 0.25) is 0 Å². The minimum Gasteiger partial charge on any atom is -0.465 e. The number of ether oxygens (including phenoxy) is 2. The molecule has 1 aromatic carbocycles. The zero-order valence-corrected chi connectivity index (χ0v) is 14.3. The van der Waals surface area contributed by atoms with Gasteiger partial charge >= 0.3 is 11.9 Å². The lowest BCUT2D eigenvalue weighted by Crippen LogP contribution is -2.35. The van der Waals surface area contributed by atoms with Crippen molar-refractivity contribution in [2.24, 2.45) is 7.05 Å². The topological polar surface area (TPSA) is 86.6 Å². The number of nitrogens with one attached hydrogen (secondary N) is 1. The Balaban J connectivity index is 1.86. The van der Waals surface area contributed by atoms with Crippen LogP contribution in [0.3, 0.4) is 0 Å². The van der Waals surface area contributed by atoms with E-state index in [4.69, 9.17) is 4.74 Å². The number of hydrogen-bond acceptors (Lipinski definition) is 5. The van der Waals surface area contributed by atoms with Gasteiger partial charge in [0.1, 0.15) is 5.69 Å². The minimum absolute atomic E-state index is 0.256. The van der Waals surface area contributed by atoms with E-state index < -0.39 is 23.9 Å². The lowest BCUT2D eigenvalue weighted by molar-refractivity contribution is -0.129. The second kappa shape index (κ2) is 8.14. The van der Waals surface area contributed by atoms with Crippen LogP contribution in [-0.2, 0) is 27.9 Å². The molecule has 7 heteroatoms. The summed E-state index contributed by atoms with van der Waals surface area (Å²) in [6.07, 6.45) is 0.802. The number of aryl methyl sites for hydroxylation is 1. The van der Waals surface area contributed by atoms with Gasteiger partial charge < -0.3 is 19.4 Å². The maximum absolute atomic E-state index is 12.1. The van der Waals surface area contributed by atoms with Gasteiger partial charge in [-0.3, -0.25) is 4.79 Å². The molecule has 1 atom stereocenters. The van der Waals surface area contributed by atoms with E-state index >= 15 is 0 Å². The van der Waals surface area contributed by atoms with Crippen molar-refractivity contribution in [3.63, 3.8) is 0 Å². The first-order valence-electron chi connectivity index (χ1n) is 7.69. The molecule has 2 aromatic rings. The Morgan fingerprint density at radius 1 is 1.12 bits per heavy atom. The van der Waals surface area contributed by atoms with Gasteiger partial charge in [-0.2, -0.15) is 0 Å². The maximum Gasteiger partial charge on any atom is 0.355 e. The number of carbonyl (C=O) groups excluding carboxylic acids is 3. The smallest absolute Gasteiger partial charge is 0.355 e. The Bertz CT molecular complexity index is 764. The Hall–Kier alpha value is -3.09. The second-order valence-electron chi connectivity index (χ2n) is 5.46.